The Hall–Kier alpha value is -1.42. The summed E-state index contributed by atoms with van der Waals surface area (Å²) in [5.41, 5.74) is 6.72. The summed E-state index contributed by atoms with van der Waals surface area (Å²) >= 11 is 17.7. The Kier molecular flexibility index (Phi) is 4.20. The number of hydrogen-bond donors (Lipinski definition) is 2. The Morgan fingerprint density at radius 2 is 1.63 bits per heavy atom. The average molecular weight is 316 g/mol. The molecule has 19 heavy (non-hydrogen) atoms. The zero-order valence-corrected chi connectivity index (χ0v) is 11.9. The van der Waals surface area contributed by atoms with Crippen LogP contribution in [0.1, 0.15) is 10.4 Å². The van der Waals surface area contributed by atoms with Crippen LogP contribution in [0.15, 0.2) is 36.4 Å². The molecular formula is C13H9Cl3N2O. The lowest BCUT2D eigenvalue weighted by atomic mass is 10.2. The van der Waals surface area contributed by atoms with Crippen LogP contribution in [-0.2, 0) is 0 Å². The molecule has 0 aliphatic rings. The lowest BCUT2D eigenvalue weighted by Crippen LogP contribution is -2.13. The summed E-state index contributed by atoms with van der Waals surface area (Å²) in [4.78, 5) is 12.1. The van der Waals surface area contributed by atoms with E-state index in [-0.39, 0.29) is 5.91 Å². The molecule has 0 aliphatic heterocycles. The molecule has 2 aromatic rings. The van der Waals surface area contributed by atoms with Crippen molar-refractivity contribution in [3.63, 3.8) is 0 Å². The van der Waals surface area contributed by atoms with Gasteiger partial charge in [0, 0.05) is 5.56 Å². The van der Waals surface area contributed by atoms with E-state index in [1.54, 1.807) is 30.3 Å². The van der Waals surface area contributed by atoms with E-state index in [1.165, 1.54) is 6.07 Å². The van der Waals surface area contributed by atoms with Gasteiger partial charge in [-0.05, 0) is 30.3 Å². The topological polar surface area (TPSA) is 55.1 Å². The molecule has 2 rings (SSSR count). The van der Waals surface area contributed by atoms with E-state index in [1.807, 2.05) is 0 Å². The van der Waals surface area contributed by atoms with Crippen molar-refractivity contribution in [1.29, 1.82) is 0 Å². The van der Waals surface area contributed by atoms with Gasteiger partial charge in [0.2, 0.25) is 0 Å². The number of nitrogens with two attached hydrogens (primary N) is 1. The van der Waals surface area contributed by atoms with Gasteiger partial charge in [-0.3, -0.25) is 4.79 Å². The predicted octanol–water partition coefficient (Wildman–Crippen LogP) is 4.48. The first-order valence-electron chi connectivity index (χ1n) is 5.29. The van der Waals surface area contributed by atoms with Gasteiger partial charge in [0.1, 0.15) is 0 Å². The number of para-hydroxylation sites is 1. The van der Waals surface area contributed by atoms with E-state index in [9.17, 15) is 4.79 Å². The van der Waals surface area contributed by atoms with Gasteiger partial charge in [-0.15, -0.1) is 0 Å². The van der Waals surface area contributed by atoms with Crippen molar-refractivity contribution >= 4 is 52.1 Å². The second-order valence-electron chi connectivity index (χ2n) is 3.79. The number of nitrogens with one attached hydrogen (secondary N) is 1. The van der Waals surface area contributed by atoms with E-state index in [4.69, 9.17) is 40.5 Å². The maximum Gasteiger partial charge on any atom is 0.255 e. The molecule has 3 N–H and O–H groups in total. The van der Waals surface area contributed by atoms with E-state index in [2.05, 4.69) is 5.32 Å². The third-order valence-electron chi connectivity index (χ3n) is 2.46. The van der Waals surface area contributed by atoms with Gasteiger partial charge in [-0.25, -0.2) is 0 Å². The number of carbonyl (C=O) groups excluding carboxylic acids is 1. The number of anilines is 2. The fraction of sp³-hybridized carbons (Fsp3) is 0. The van der Waals surface area contributed by atoms with Gasteiger partial charge in [0.25, 0.3) is 5.91 Å². The summed E-state index contributed by atoms with van der Waals surface area (Å²) in [6.45, 7) is 0. The number of halogens is 3. The number of amides is 1. The van der Waals surface area contributed by atoms with Gasteiger partial charge in [-0.2, -0.15) is 0 Å². The molecule has 6 heteroatoms. The first-order chi connectivity index (χ1) is 8.99. The van der Waals surface area contributed by atoms with E-state index in [0.29, 0.717) is 32.0 Å². The zero-order chi connectivity index (χ0) is 14.0. The Bertz CT molecular complexity index is 624. The largest absolute Gasteiger partial charge is 0.398 e. The third kappa shape index (κ3) is 3.13. The number of rotatable bonds is 2. The molecule has 1 amide bonds. The maximum atomic E-state index is 12.1. The molecule has 3 nitrogen and oxygen atoms in total. The van der Waals surface area contributed by atoms with Crippen LogP contribution in [0.2, 0.25) is 15.1 Å². The standard InChI is InChI=1S/C13H9Cl3N2O/c14-8-5-4-7(6-11(8)17)13(19)18-12-9(15)2-1-3-10(12)16/h1-6H,17H2,(H,18,19). The number of benzene rings is 2. The molecule has 0 aliphatic carbocycles. The molecule has 0 aromatic heterocycles. The molecule has 0 atom stereocenters. The molecule has 0 saturated heterocycles. The van der Waals surface area contributed by atoms with Crippen LogP contribution in [0.25, 0.3) is 0 Å². The fourth-order valence-corrected chi connectivity index (χ4v) is 2.10. The fourth-order valence-electron chi connectivity index (χ4n) is 1.49. The van der Waals surface area contributed by atoms with Crippen LogP contribution < -0.4 is 11.1 Å². The van der Waals surface area contributed by atoms with Crippen molar-refractivity contribution in [2.24, 2.45) is 0 Å². The maximum absolute atomic E-state index is 12.1. The number of hydrogen-bond acceptors (Lipinski definition) is 2. The van der Waals surface area contributed by atoms with Crippen molar-refractivity contribution < 1.29 is 4.79 Å². The normalized spacial score (nSPS) is 10.3. The minimum Gasteiger partial charge on any atom is -0.398 e. The Morgan fingerprint density at radius 1 is 1.00 bits per heavy atom. The predicted molar refractivity (Wildman–Crippen MR) is 80.3 cm³/mol. The first kappa shape index (κ1) is 14.0. The lowest BCUT2D eigenvalue weighted by molar-refractivity contribution is 0.102. The zero-order valence-electron chi connectivity index (χ0n) is 9.58. The summed E-state index contributed by atoms with van der Waals surface area (Å²) in [7, 11) is 0. The molecule has 98 valence electrons. The highest BCUT2D eigenvalue weighted by Gasteiger charge is 2.12. The van der Waals surface area contributed by atoms with Gasteiger partial charge in [0.15, 0.2) is 0 Å². The third-order valence-corrected chi connectivity index (χ3v) is 3.43. The van der Waals surface area contributed by atoms with Crippen LogP contribution in [0.3, 0.4) is 0 Å². The van der Waals surface area contributed by atoms with E-state index in [0.717, 1.165) is 0 Å². The Labute approximate surface area is 125 Å². The monoisotopic (exact) mass is 314 g/mol. The highest BCUT2D eigenvalue weighted by Crippen LogP contribution is 2.30. The summed E-state index contributed by atoms with van der Waals surface area (Å²) in [5.74, 6) is -0.363. The molecule has 2 aromatic carbocycles. The first-order valence-corrected chi connectivity index (χ1v) is 6.43. The molecule has 0 heterocycles. The van der Waals surface area contributed by atoms with Crippen molar-refractivity contribution in [3.8, 4) is 0 Å². The summed E-state index contributed by atoms with van der Waals surface area (Å²) in [5, 5.41) is 3.76. The molecule has 0 unspecified atom stereocenters. The summed E-state index contributed by atoms with van der Waals surface area (Å²) < 4.78 is 0. The molecule has 0 fully saturated rings. The van der Waals surface area contributed by atoms with Crippen molar-refractivity contribution in [2.75, 3.05) is 11.1 Å². The average Bonchev–Trinajstić information content (AvgIpc) is 2.37. The van der Waals surface area contributed by atoms with Gasteiger partial charge in [0.05, 0.1) is 26.4 Å². The highest BCUT2D eigenvalue weighted by atomic mass is 35.5. The number of carbonyl (C=O) groups is 1. The minimum atomic E-state index is -0.363. The summed E-state index contributed by atoms with van der Waals surface area (Å²) in [6.07, 6.45) is 0. The van der Waals surface area contributed by atoms with Crippen LogP contribution in [0.4, 0.5) is 11.4 Å². The van der Waals surface area contributed by atoms with E-state index < -0.39 is 0 Å². The Morgan fingerprint density at radius 3 is 2.21 bits per heavy atom. The van der Waals surface area contributed by atoms with E-state index >= 15 is 0 Å². The molecule has 0 saturated carbocycles. The quantitative estimate of drug-likeness (QED) is 0.803. The summed E-state index contributed by atoms with van der Waals surface area (Å²) in [6, 6.07) is 9.58. The van der Waals surface area contributed by atoms with Crippen molar-refractivity contribution in [3.05, 3.63) is 57.0 Å². The van der Waals surface area contributed by atoms with Gasteiger partial charge in [-0.1, -0.05) is 40.9 Å². The minimum absolute atomic E-state index is 0.333. The van der Waals surface area contributed by atoms with Crippen LogP contribution in [0, 0.1) is 0 Å². The second kappa shape index (κ2) is 5.70. The van der Waals surface area contributed by atoms with Crippen LogP contribution >= 0.6 is 34.8 Å². The SMILES string of the molecule is Nc1cc(C(=O)Nc2c(Cl)cccc2Cl)ccc1Cl. The van der Waals surface area contributed by atoms with Crippen LogP contribution in [-0.4, -0.2) is 5.91 Å². The van der Waals surface area contributed by atoms with Crippen LogP contribution in [0.5, 0.6) is 0 Å². The van der Waals surface area contributed by atoms with Crippen molar-refractivity contribution in [1.82, 2.24) is 0 Å². The second-order valence-corrected chi connectivity index (χ2v) is 5.01. The smallest absolute Gasteiger partial charge is 0.255 e. The Balaban J connectivity index is 2.28. The molecule has 0 radical (unpaired) electrons. The molecular weight excluding hydrogens is 307 g/mol. The number of nitrogen functional groups attached to an aromatic ring is 1. The lowest BCUT2D eigenvalue weighted by Gasteiger charge is -2.09. The van der Waals surface area contributed by atoms with Crippen molar-refractivity contribution in [2.45, 2.75) is 0 Å². The molecule has 0 spiro atoms. The molecule has 0 bridgehead atoms. The van der Waals surface area contributed by atoms with Gasteiger partial charge < -0.3 is 11.1 Å². The highest BCUT2D eigenvalue weighted by molar-refractivity contribution is 6.40. The van der Waals surface area contributed by atoms with Gasteiger partial charge >= 0.3 is 0 Å².